The highest BCUT2D eigenvalue weighted by atomic mass is 32.1. The zero-order valence-corrected chi connectivity index (χ0v) is 17.4. The number of hydrogen-bond acceptors (Lipinski definition) is 4. The molecular formula is C20H30N4O2S. The lowest BCUT2D eigenvalue weighted by Gasteiger charge is -2.37. The molecule has 148 valence electrons. The normalized spacial score (nSPS) is 14.4. The molecule has 1 aromatic rings. The van der Waals surface area contributed by atoms with Gasteiger partial charge in [0, 0.05) is 38.5 Å². The van der Waals surface area contributed by atoms with E-state index in [1.165, 1.54) is 0 Å². The molecule has 27 heavy (non-hydrogen) atoms. The Bertz CT molecular complexity index is 682. The average Bonchev–Trinajstić information content (AvgIpc) is 2.60. The van der Waals surface area contributed by atoms with Gasteiger partial charge in [-0.3, -0.25) is 9.59 Å². The van der Waals surface area contributed by atoms with Crippen LogP contribution in [0.15, 0.2) is 24.3 Å². The Balaban J connectivity index is 1.99. The van der Waals surface area contributed by atoms with E-state index < -0.39 is 0 Å². The predicted octanol–water partition coefficient (Wildman–Crippen LogP) is 2.85. The molecule has 1 saturated heterocycles. The van der Waals surface area contributed by atoms with Gasteiger partial charge in [-0.1, -0.05) is 39.8 Å². The SMILES string of the molecule is CC(C)CC(=O)NC(=S)Nc1ccccc1N1CCN(C(=O)C(C)C)CC1. The minimum atomic E-state index is -0.0826. The number of carbonyl (C=O) groups is 2. The molecule has 0 atom stereocenters. The van der Waals surface area contributed by atoms with E-state index in [1.807, 2.05) is 56.9 Å². The van der Waals surface area contributed by atoms with Crippen LogP contribution in [-0.2, 0) is 9.59 Å². The molecule has 7 heteroatoms. The molecule has 1 aromatic carbocycles. The minimum absolute atomic E-state index is 0.0253. The summed E-state index contributed by atoms with van der Waals surface area (Å²) in [4.78, 5) is 28.2. The van der Waals surface area contributed by atoms with E-state index in [0.717, 1.165) is 24.5 Å². The molecule has 0 aliphatic carbocycles. The largest absolute Gasteiger partial charge is 0.366 e. The summed E-state index contributed by atoms with van der Waals surface area (Å²) in [5.41, 5.74) is 1.88. The zero-order valence-electron chi connectivity index (χ0n) is 16.6. The Kier molecular flexibility index (Phi) is 7.59. The van der Waals surface area contributed by atoms with Gasteiger partial charge in [-0.2, -0.15) is 0 Å². The van der Waals surface area contributed by atoms with Gasteiger partial charge in [-0.25, -0.2) is 0 Å². The summed E-state index contributed by atoms with van der Waals surface area (Å²) in [6, 6.07) is 7.89. The molecule has 1 aliphatic rings. The zero-order chi connectivity index (χ0) is 20.0. The number of piperazine rings is 1. The first-order chi connectivity index (χ1) is 12.8. The van der Waals surface area contributed by atoms with Gasteiger partial charge < -0.3 is 20.4 Å². The molecule has 2 rings (SSSR count). The van der Waals surface area contributed by atoms with Gasteiger partial charge in [0.25, 0.3) is 0 Å². The van der Waals surface area contributed by atoms with Gasteiger partial charge in [0.1, 0.15) is 0 Å². The van der Waals surface area contributed by atoms with Gasteiger partial charge in [0.05, 0.1) is 11.4 Å². The average molecular weight is 391 g/mol. The summed E-state index contributed by atoms with van der Waals surface area (Å²) < 4.78 is 0. The van der Waals surface area contributed by atoms with Crippen molar-refractivity contribution in [3.63, 3.8) is 0 Å². The van der Waals surface area contributed by atoms with Crippen LogP contribution in [-0.4, -0.2) is 48.0 Å². The second-order valence-electron chi connectivity index (χ2n) is 7.58. The van der Waals surface area contributed by atoms with Gasteiger partial charge in [0.15, 0.2) is 5.11 Å². The fourth-order valence-corrected chi connectivity index (χ4v) is 3.31. The van der Waals surface area contributed by atoms with Crippen LogP contribution in [0.2, 0.25) is 0 Å². The third-order valence-corrected chi connectivity index (χ3v) is 4.63. The van der Waals surface area contributed by atoms with E-state index in [4.69, 9.17) is 12.2 Å². The molecule has 0 aromatic heterocycles. The third kappa shape index (κ3) is 6.20. The van der Waals surface area contributed by atoms with Crippen LogP contribution in [0.25, 0.3) is 0 Å². The second kappa shape index (κ2) is 9.69. The number of benzene rings is 1. The Labute approximate surface area is 167 Å². The summed E-state index contributed by atoms with van der Waals surface area (Å²) in [6.45, 7) is 10.8. The monoisotopic (exact) mass is 390 g/mol. The maximum absolute atomic E-state index is 12.2. The summed E-state index contributed by atoms with van der Waals surface area (Å²) in [7, 11) is 0. The highest BCUT2D eigenvalue weighted by Gasteiger charge is 2.24. The molecule has 2 N–H and O–H groups in total. The van der Waals surface area contributed by atoms with Gasteiger partial charge in [-0.15, -0.1) is 0 Å². The molecule has 0 radical (unpaired) electrons. The standard InChI is InChI=1S/C20H30N4O2S/c1-14(2)13-18(25)22-20(27)21-16-7-5-6-8-17(16)23-9-11-24(12-10-23)19(26)15(3)4/h5-8,14-15H,9-13H2,1-4H3,(H2,21,22,25,27). The molecule has 0 unspecified atom stereocenters. The number of carbonyl (C=O) groups excluding carboxylic acids is 2. The lowest BCUT2D eigenvalue weighted by molar-refractivity contribution is -0.134. The first-order valence-corrected chi connectivity index (χ1v) is 9.92. The van der Waals surface area contributed by atoms with Gasteiger partial charge >= 0.3 is 0 Å². The molecule has 2 amide bonds. The summed E-state index contributed by atoms with van der Waals surface area (Å²) in [5.74, 6) is 0.429. The number of hydrogen-bond donors (Lipinski definition) is 2. The van der Waals surface area contributed by atoms with Crippen LogP contribution in [0, 0.1) is 11.8 Å². The van der Waals surface area contributed by atoms with Crippen molar-refractivity contribution in [2.45, 2.75) is 34.1 Å². The quantitative estimate of drug-likeness (QED) is 0.757. The van der Waals surface area contributed by atoms with E-state index in [1.54, 1.807) is 0 Å². The summed E-state index contributed by atoms with van der Waals surface area (Å²) in [5, 5.41) is 6.18. The lowest BCUT2D eigenvalue weighted by Crippen LogP contribution is -2.50. The molecule has 0 bridgehead atoms. The van der Waals surface area contributed by atoms with Crippen molar-refractivity contribution in [1.82, 2.24) is 10.2 Å². The molecule has 0 saturated carbocycles. The van der Waals surface area contributed by atoms with E-state index in [0.29, 0.717) is 24.6 Å². The Morgan fingerprint density at radius 1 is 1.07 bits per heavy atom. The van der Waals surface area contributed by atoms with Crippen molar-refractivity contribution in [2.24, 2.45) is 11.8 Å². The first-order valence-electron chi connectivity index (χ1n) is 9.51. The first kappa shape index (κ1) is 21.2. The van der Waals surface area contributed by atoms with Crippen molar-refractivity contribution in [3.8, 4) is 0 Å². The van der Waals surface area contributed by atoms with Crippen LogP contribution < -0.4 is 15.5 Å². The summed E-state index contributed by atoms with van der Waals surface area (Å²) >= 11 is 5.29. The van der Waals surface area contributed by atoms with E-state index in [2.05, 4.69) is 15.5 Å². The topological polar surface area (TPSA) is 64.7 Å². The minimum Gasteiger partial charge on any atom is -0.366 e. The van der Waals surface area contributed by atoms with Crippen molar-refractivity contribution in [1.29, 1.82) is 0 Å². The number of para-hydroxylation sites is 2. The number of nitrogens with zero attached hydrogens (tertiary/aromatic N) is 2. The predicted molar refractivity (Wildman–Crippen MR) is 114 cm³/mol. The Hall–Kier alpha value is -2.15. The fourth-order valence-electron chi connectivity index (χ4n) is 3.09. The number of amides is 2. The van der Waals surface area contributed by atoms with Crippen molar-refractivity contribution in [2.75, 3.05) is 36.4 Å². The number of rotatable bonds is 5. The maximum atomic E-state index is 12.2. The highest BCUT2D eigenvalue weighted by molar-refractivity contribution is 7.80. The smallest absolute Gasteiger partial charge is 0.226 e. The summed E-state index contributed by atoms with van der Waals surface area (Å²) in [6.07, 6.45) is 0.440. The Morgan fingerprint density at radius 2 is 1.70 bits per heavy atom. The number of anilines is 2. The molecule has 0 spiro atoms. The molecule has 1 heterocycles. The van der Waals surface area contributed by atoms with Crippen LogP contribution in [0.4, 0.5) is 11.4 Å². The van der Waals surface area contributed by atoms with Crippen LogP contribution >= 0.6 is 12.2 Å². The van der Waals surface area contributed by atoms with E-state index >= 15 is 0 Å². The van der Waals surface area contributed by atoms with Gasteiger partial charge in [0.2, 0.25) is 11.8 Å². The molecule has 1 aliphatic heterocycles. The number of nitrogens with one attached hydrogen (secondary N) is 2. The molecule has 1 fully saturated rings. The van der Waals surface area contributed by atoms with E-state index in [9.17, 15) is 9.59 Å². The van der Waals surface area contributed by atoms with Crippen LogP contribution in [0.1, 0.15) is 34.1 Å². The molecular weight excluding hydrogens is 360 g/mol. The number of thiocarbonyl (C=S) groups is 1. The van der Waals surface area contributed by atoms with Crippen LogP contribution in [0.3, 0.4) is 0 Å². The van der Waals surface area contributed by atoms with E-state index in [-0.39, 0.29) is 23.7 Å². The Morgan fingerprint density at radius 3 is 2.30 bits per heavy atom. The fraction of sp³-hybridized carbons (Fsp3) is 0.550. The van der Waals surface area contributed by atoms with Crippen molar-refractivity contribution < 1.29 is 9.59 Å². The lowest BCUT2D eigenvalue weighted by atomic mass is 10.1. The van der Waals surface area contributed by atoms with Crippen molar-refractivity contribution in [3.05, 3.63) is 24.3 Å². The maximum Gasteiger partial charge on any atom is 0.226 e. The highest BCUT2D eigenvalue weighted by Crippen LogP contribution is 2.26. The second-order valence-corrected chi connectivity index (χ2v) is 7.99. The van der Waals surface area contributed by atoms with Gasteiger partial charge in [-0.05, 0) is 30.3 Å². The third-order valence-electron chi connectivity index (χ3n) is 4.42. The van der Waals surface area contributed by atoms with Crippen molar-refractivity contribution >= 4 is 40.5 Å². The van der Waals surface area contributed by atoms with Crippen LogP contribution in [0.5, 0.6) is 0 Å². The molecule has 6 nitrogen and oxygen atoms in total.